The molecule has 2 N–H and O–H groups in total. The summed E-state index contributed by atoms with van der Waals surface area (Å²) in [6.07, 6.45) is 1.74. The van der Waals surface area contributed by atoms with Crippen molar-refractivity contribution < 1.29 is 4.79 Å². The number of aliphatic imine (C=N–C) groups is 1. The Morgan fingerprint density at radius 2 is 2.13 bits per heavy atom. The molecule has 86 valence electrons. The third kappa shape index (κ3) is 6.54. The average Bonchev–Trinajstić information content (AvgIpc) is 2.21. The van der Waals surface area contributed by atoms with Crippen LogP contribution < -0.4 is 10.6 Å². The number of nitrogens with one attached hydrogen (secondary N) is 2. The number of guanidine groups is 1. The Kier molecular flexibility index (Phi) is 7.05. The van der Waals surface area contributed by atoms with Crippen LogP contribution in [-0.2, 0) is 4.79 Å². The van der Waals surface area contributed by atoms with Crippen LogP contribution in [0.25, 0.3) is 0 Å². The molecule has 0 radical (unpaired) electrons. The highest BCUT2D eigenvalue weighted by molar-refractivity contribution is 5.84. The molecule has 0 atom stereocenters. The summed E-state index contributed by atoms with van der Waals surface area (Å²) in [7, 11) is 3.42. The van der Waals surface area contributed by atoms with Crippen molar-refractivity contribution in [1.82, 2.24) is 15.5 Å². The molecule has 0 unspecified atom stereocenters. The fourth-order valence-electron chi connectivity index (χ4n) is 0.799. The molecule has 0 bridgehead atoms. The van der Waals surface area contributed by atoms with E-state index in [9.17, 15) is 4.79 Å². The van der Waals surface area contributed by atoms with Crippen molar-refractivity contribution >= 4 is 11.9 Å². The Bertz CT molecular complexity index is 236. The summed E-state index contributed by atoms with van der Waals surface area (Å²) in [5, 5.41) is 6.05. The second kappa shape index (κ2) is 7.84. The number of nitrogens with zero attached hydrogens (tertiary/aromatic N) is 2. The van der Waals surface area contributed by atoms with Crippen molar-refractivity contribution in [1.29, 1.82) is 0 Å². The quantitative estimate of drug-likeness (QED) is 0.377. The van der Waals surface area contributed by atoms with E-state index in [0.717, 1.165) is 6.54 Å². The minimum absolute atomic E-state index is 0.0224. The molecule has 0 aliphatic carbocycles. The number of hydrogen-bond acceptors (Lipinski definition) is 2. The molecule has 0 rings (SSSR count). The minimum Gasteiger partial charge on any atom is -0.357 e. The van der Waals surface area contributed by atoms with E-state index in [1.165, 1.54) is 4.90 Å². The summed E-state index contributed by atoms with van der Waals surface area (Å²) in [5.74, 6) is 0.610. The van der Waals surface area contributed by atoms with E-state index in [2.05, 4.69) is 22.2 Å². The lowest BCUT2D eigenvalue weighted by molar-refractivity contribution is -0.127. The highest BCUT2D eigenvalue weighted by Crippen LogP contribution is 1.81. The Balaban J connectivity index is 4.14. The van der Waals surface area contributed by atoms with E-state index in [4.69, 9.17) is 0 Å². The van der Waals surface area contributed by atoms with Crippen LogP contribution in [0.1, 0.15) is 6.92 Å². The predicted molar refractivity (Wildman–Crippen MR) is 62.9 cm³/mol. The smallest absolute Gasteiger partial charge is 0.243 e. The Morgan fingerprint density at radius 3 is 2.60 bits per heavy atom. The first-order chi connectivity index (χ1) is 7.11. The average molecular weight is 212 g/mol. The maximum Gasteiger partial charge on any atom is 0.243 e. The maximum absolute atomic E-state index is 11.3. The molecule has 1 amide bonds. The summed E-state index contributed by atoms with van der Waals surface area (Å²) in [5.41, 5.74) is 0. The molecule has 0 saturated carbocycles. The molecular formula is C10H20N4O. The van der Waals surface area contributed by atoms with Crippen molar-refractivity contribution in [3.63, 3.8) is 0 Å². The molecule has 0 spiro atoms. The third-order valence-corrected chi connectivity index (χ3v) is 1.63. The highest BCUT2D eigenvalue weighted by atomic mass is 16.2. The summed E-state index contributed by atoms with van der Waals surface area (Å²) in [4.78, 5) is 16.9. The number of carbonyl (C=O) groups is 1. The van der Waals surface area contributed by atoms with Gasteiger partial charge >= 0.3 is 0 Å². The van der Waals surface area contributed by atoms with Crippen molar-refractivity contribution in [3.8, 4) is 0 Å². The standard InChI is InChI=1S/C10H20N4O/c1-5-7-12-10(11-6-2)13-8-9(15)14(3)4/h5H,1,6-8H2,2-4H3,(H2,11,12,13). The van der Waals surface area contributed by atoms with Crippen molar-refractivity contribution in [2.75, 3.05) is 33.7 Å². The van der Waals surface area contributed by atoms with Gasteiger partial charge in [-0.2, -0.15) is 0 Å². The monoisotopic (exact) mass is 212 g/mol. The Hall–Kier alpha value is -1.52. The first kappa shape index (κ1) is 13.5. The van der Waals surface area contributed by atoms with Gasteiger partial charge in [-0.1, -0.05) is 6.08 Å². The fourth-order valence-corrected chi connectivity index (χ4v) is 0.799. The van der Waals surface area contributed by atoms with Crippen LogP contribution in [0.2, 0.25) is 0 Å². The molecule has 0 aliphatic rings. The lowest BCUT2D eigenvalue weighted by Gasteiger charge is -2.11. The summed E-state index contributed by atoms with van der Waals surface area (Å²) >= 11 is 0. The Morgan fingerprint density at radius 1 is 1.47 bits per heavy atom. The van der Waals surface area contributed by atoms with Crippen molar-refractivity contribution in [2.24, 2.45) is 4.99 Å². The second-order valence-corrected chi connectivity index (χ2v) is 3.15. The SMILES string of the molecule is C=CCNC(=NCC(=O)N(C)C)NCC. The van der Waals surface area contributed by atoms with Gasteiger partial charge in [-0.3, -0.25) is 4.79 Å². The molecular weight excluding hydrogens is 192 g/mol. The lowest BCUT2D eigenvalue weighted by atomic mass is 10.5. The van der Waals surface area contributed by atoms with Gasteiger partial charge in [-0.05, 0) is 6.92 Å². The molecule has 0 fully saturated rings. The van der Waals surface area contributed by atoms with Crippen molar-refractivity contribution in [2.45, 2.75) is 6.92 Å². The van der Waals surface area contributed by atoms with Gasteiger partial charge in [0.25, 0.3) is 0 Å². The van der Waals surface area contributed by atoms with Crippen LogP contribution in [-0.4, -0.2) is 50.5 Å². The maximum atomic E-state index is 11.3. The molecule has 0 aromatic carbocycles. The zero-order chi connectivity index (χ0) is 11.7. The third-order valence-electron chi connectivity index (χ3n) is 1.63. The van der Waals surface area contributed by atoms with Gasteiger partial charge in [0.15, 0.2) is 5.96 Å². The van der Waals surface area contributed by atoms with E-state index in [-0.39, 0.29) is 12.5 Å². The first-order valence-electron chi connectivity index (χ1n) is 4.95. The van der Waals surface area contributed by atoms with E-state index >= 15 is 0 Å². The topological polar surface area (TPSA) is 56.7 Å². The molecule has 0 saturated heterocycles. The van der Waals surface area contributed by atoms with Gasteiger partial charge in [0.1, 0.15) is 6.54 Å². The molecule has 0 aliphatic heterocycles. The van der Waals surface area contributed by atoms with Crippen LogP contribution >= 0.6 is 0 Å². The summed E-state index contributed by atoms with van der Waals surface area (Å²) in [6, 6.07) is 0. The normalized spacial score (nSPS) is 10.7. The molecule has 5 heteroatoms. The number of likely N-dealkylation sites (N-methyl/N-ethyl adjacent to an activating group) is 1. The van der Waals surface area contributed by atoms with Gasteiger partial charge in [0.05, 0.1) is 0 Å². The molecule has 0 heterocycles. The largest absolute Gasteiger partial charge is 0.357 e. The van der Waals surface area contributed by atoms with Crippen LogP contribution in [0, 0.1) is 0 Å². The zero-order valence-corrected chi connectivity index (χ0v) is 9.71. The van der Waals surface area contributed by atoms with Gasteiger partial charge in [0.2, 0.25) is 5.91 Å². The van der Waals surface area contributed by atoms with Crippen LogP contribution in [0.15, 0.2) is 17.6 Å². The number of carbonyl (C=O) groups excluding carboxylic acids is 1. The van der Waals surface area contributed by atoms with E-state index < -0.39 is 0 Å². The number of rotatable bonds is 5. The minimum atomic E-state index is -0.0224. The van der Waals surface area contributed by atoms with Crippen molar-refractivity contribution in [3.05, 3.63) is 12.7 Å². The van der Waals surface area contributed by atoms with E-state index in [1.54, 1.807) is 20.2 Å². The van der Waals surface area contributed by atoms with Gasteiger partial charge in [-0.25, -0.2) is 4.99 Å². The zero-order valence-electron chi connectivity index (χ0n) is 9.71. The molecule has 0 aromatic heterocycles. The number of amides is 1. The van der Waals surface area contributed by atoms with Crippen LogP contribution in [0.5, 0.6) is 0 Å². The van der Waals surface area contributed by atoms with Crippen LogP contribution in [0.3, 0.4) is 0 Å². The van der Waals surface area contributed by atoms with Gasteiger partial charge in [0, 0.05) is 27.2 Å². The van der Waals surface area contributed by atoms with Gasteiger partial charge in [-0.15, -0.1) is 6.58 Å². The number of hydrogen-bond donors (Lipinski definition) is 2. The molecule has 5 nitrogen and oxygen atoms in total. The second-order valence-electron chi connectivity index (χ2n) is 3.15. The lowest BCUT2D eigenvalue weighted by Crippen LogP contribution is -2.38. The first-order valence-corrected chi connectivity index (χ1v) is 4.95. The fraction of sp³-hybridized carbons (Fsp3) is 0.600. The van der Waals surface area contributed by atoms with E-state index in [0.29, 0.717) is 12.5 Å². The van der Waals surface area contributed by atoms with Gasteiger partial charge < -0.3 is 15.5 Å². The molecule has 0 aromatic rings. The molecule has 15 heavy (non-hydrogen) atoms. The predicted octanol–water partition coefficient (Wildman–Crippen LogP) is -0.184. The Labute approximate surface area is 91.3 Å². The van der Waals surface area contributed by atoms with Crippen LogP contribution in [0.4, 0.5) is 0 Å². The summed E-state index contributed by atoms with van der Waals surface area (Å²) in [6.45, 7) is 7.11. The highest BCUT2D eigenvalue weighted by Gasteiger charge is 2.02. The van der Waals surface area contributed by atoms with E-state index in [1.807, 2.05) is 6.92 Å². The summed E-state index contributed by atoms with van der Waals surface area (Å²) < 4.78 is 0.